The molecule has 0 unspecified atom stereocenters. The molecule has 0 saturated heterocycles. The van der Waals surface area contributed by atoms with Gasteiger partial charge in [0.2, 0.25) is 5.91 Å². The van der Waals surface area contributed by atoms with Crippen molar-refractivity contribution in [3.8, 4) is 11.8 Å². The van der Waals surface area contributed by atoms with Gasteiger partial charge in [-0.3, -0.25) is 9.59 Å². The van der Waals surface area contributed by atoms with Gasteiger partial charge in [0.25, 0.3) is 0 Å². The van der Waals surface area contributed by atoms with Crippen molar-refractivity contribution < 1.29 is 9.59 Å². The molecule has 0 aliphatic rings. The molecule has 14 heavy (non-hydrogen) atoms. The minimum atomic E-state index is -0.0989. The van der Waals surface area contributed by atoms with E-state index < -0.39 is 0 Å². The van der Waals surface area contributed by atoms with Crippen LogP contribution >= 0.6 is 11.3 Å². The molecule has 0 saturated carbocycles. The number of hydrogen-bond donors (Lipinski definition) is 1. The van der Waals surface area contributed by atoms with E-state index in [4.69, 9.17) is 0 Å². The maximum absolute atomic E-state index is 10.5. The first-order valence-electron chi connectivity index (χ1n) is 3.99. The number of aldehydes is 1. The summed E-state index contributed by atoms with van der Waals surface area (Å²) in [4.78, 5) is 21.5. The summed E-state index contributed by atoms with van der Waals surface area (Å²) in [5.41, 5.74) is 0.808. The Bertz CT molecular complexity index is 398. The molecule has 3 nitrogen and oxygen atoms in total. The Morgan fingerprint density at radius 1 is 1.71 bits per heavy atom. The van der Waals surface area contributed by atoms with E-state index in [0.717, 1.165) is 11.8 Å². The highest BCUT2D eigenvalue weighted by molar-refractivity contribution is 7.11. The van der Waals surface area contributed by atoms with Gasteiger partial charge in [0, 0.05) is 17.9 Å². The molecule has 72 valence electrons. The predicted octanol–water partition coefficient (Wildman–Crippen LogP) is 1.05. The Labute approximate surface area is 86.1 Å². The van der Waals surface area contributed by atoms with Gasteiger partial charge >= 0.3 is 0 Å². The second-order valence-electron chi connectivity index (χ2n) is 2.57. The third-order valence-corrected chi connectivity index (χ3v) is 2.25. The van der Waals surface area contributed by atoms with Gasteiger partial charge in [0.1, 0.15) is 0 Å². The highest BCUT2D eigenvalue weighted by atomic mass is 32.1. The fourth-order valence-corrected chi connectivity index (χ4v) is 1.44. The quantitative estimate of drug-likeness (QED) is 0.582. The number of hydrogen-bond acceptors (Lipinski definition) is 3. The largest absolute Gasteiger partial charge is 0.345 e. The molecule has 0 aromatic carbocycles. The first-order valence-corrected chi connectivity index (χ1v) is 4.87. The molecule has 1 heterocycles. The SMILES string of the molecule is CC(=O)NCC#Cc1csc(C=O)c1. The fraction of sp³-hybridized carbons (Fsp3) is 0.200. The van der Waals surface area contributed by atoms with Crippen LogP contribution in [0, 0.1) is 11.8 Å². The lowest BCUT2D eigenvalue weighted by Crippen LogP contribution is -2.19. The van der Waals surface area contributed by atoms with Crippen LogP contribution in [-0.4, -0.2) is 18.7 Å². The Balaban J connectivity index is 2.50. The Hall–Kier alpha value is -1.60. The highest BCUT2D eigenvalue weighted by Crippen LogP contribution is 2.10. The van der Waals surface area contributed by atoms with Crippen LogP contribution in [0.3, 0.4) is 0 Å². The number of amides is 1. The minimum Gasteiger partial charge on any atom is -0.345 e. The molecule has 0 radical (unpaired) electrons. The van der Waals surface area contributed by atoms with Crippen molar-refractivity contribution in [2.75, 3.05) is 6.54 Å². The topological polar surface area (TPSA) is 46.2 Å². The van der Waals surface area contributed by atoms with Gasteiger partial charge < -0.3 is 5.32 Å². The summed E-state index contributed by atoms with van der Waals surface area (Å²) in [5.74, 6) is 5.52. The van der Waals surface area contributed by atoms with Crippen molar-refractivity contribution in [2.45, 2.75) is 6.92 Å². The number of nitrogens with one attached hydrogen (secondary N) is 1. The van der Waals surface area contributed by atoms with E-state index in [1.54, 1.807) is 6.07 Å². The van der Waals surface area contributed by atoms with Crippen LogP contribution in [0.25, 0.3) is 0 Å². The van der Waals surface area contributed by atoms with Crippen molar-refractivity contribution >= 4 is 23.5 Å². The molecular weight excluding hydrogens is 198 g/mol. The van der Waals surface area contributed by atoms with Crippen LogP contribution in [0.5, 0.6) is 0 Å². The van der Waals surface area contributed by atoms with Crippen molar-refractivity contribution in [1.82, 2.24) is 5.32 Å². The summed E-state index contributed by atoms with van der Waals surface area (Å²) in [6.45, 7) is 1.78. The normalized spacial score (nSPS) is 8.64. The zero-order chi connectivity index (χ0) is 10.4. The van der Waals surface area contributed by atoms with Gasteiger partial charge in [0.15, 0.2) is 6.29 Å². The molecule has 1 rings (SSSR count). The average Bonchev–Trinajstić information content (AvgIpc) is 2.60. The third kappa shape index (κ3) is 3.42. The predicted molar refractivity (Wildman–Crippen MR) is 55.3 cm³/mol. The lowest BCUT2D eigenvalue weighted by Gasteiger charge is -1.90. The second kappa shape index (κ2) is 5.20. The standard InChI is InChI=1S/C10H9NO2S/c1-8(13)11-4-2-3-9-5-10(6-12)14-7-9/h5-7H,4H2,1H3,(H,11,13). The fourth-order valence-electron chi connectivity index (χ4n) is 0.795. The second-order valence-corrected chi connectivity index (χ2v) is 3.51. The van der Waals surface area contributed by atoms with Crippen LogP contribution in [0.1, 0.15) is 22.2 Å². The lowest BCUT2D eigenvalue weighted by atomic mass is 10.3. The van der Waals surface area contributed by atoms with E-state index in [-0.39, 0.29) is 5.91 Å². The number of carbonyl (C=O) groups excluding carboxylic acids is 2. The van der Waals surface area contributed by atoms with E-state index in [2.05, 4.69) is 17.2 Å². The molecule has 0 bridgehead atoms. The van der Waals surface area contributed by atoms with Crippen molar-refractivity contribution in [3.05, 3.63) is 21.9 Å². The summed E-state index contributed by atoms with van der Waals surface area (Å²) in [6, 6.07) is 1.72. The number of thiophene rings is 1. The zero-order valence-electron chi connectivity index (χ0n) is 7.66. The molecule has 0 fully saturated rings. The van der Waals surface area contributed by atoms with Gasteiger partial charge in [-0.25, -0.2) is 0 Å². The highest BCUT2D eigenvalue weighted by Gasteiger charge is 1.93. The first-order chi connectivity index (χ1) is 6.72. The summed E-state index contributed by atoms with van der Waals surface area (Å²) in [7, 11) is 0. The Morgan fingerprint density at radius 3 is 3.07 bits per heavy atom. The maximum atomic E-state index is 10.5. The van der Waals surface area contributed by atoms with Gasteiger partial charge in [0.05, 0.1) is 11.4 Å². The maximum Gasteiger partial charge on any atom is 0.217 e. The van der Waals surface area contributed by atoms with Gasteiger partial charge in [-0.15, -0.1) is 11.3 Å². The zero-order valence-corrected chi connectivity index (χ0v) is 8.48. The smallest absolute Gasteiger partial charge is 0.217 e. The molecule has 4 heteroatoms. The van der Waals surface area contributed by atoms with Crippen LogP contribution in [0.15, 0.2) is 11.4 Å². The van der Waals surface area contributed by atoms with Gasteiger partial charge in [-0.1, -0.05) is 11.8 Å². The van der Waals surface area contributed by atoms with Crippen molar-refractivity contribution in [2.24, 2.45) is 0 Å². The molecule has 0 aliphatic heterocycles. The van der Waals surface area contributed by atoms with Crippen LogP contribution in [0.4, 0.5) is 0 Å². The van der Waals surface area contributed by atoms with E-state index in [1.807, 2.05) is 5.38 Å². The molecule has 1 aromatic rings. The summed E-state index contributed by atoms with van der Waals surface area (Å²) in [6.07, 6.45) is 0.795. The lowest BCUT2D eigenvalue weighted by molar-refractivity contribution is -0.118. The first kappa shape index (κ1) is 10.5. The van der Waals surface area contributed by atoms with Crippen molar-refractivity contribution in [1.29, 1.82) is 0 Å². The number of rotatable bonds is 2. The summed E-state index contributed by atoms with van der Waals surface area (Å²) >= 11 is 1.36. The monoisotopic (exact) mass is 207 g/mol. The minimum absolute atomic E-state index is 0.0989. The molecule has 0 aliphatic carbocycles. The average molecular weight is 207 g/mol. The van der Waals surface area contributed by atoms with E-state index in [1.165, 1.54) is 18.3 Å². The third-order valence-electron chi connectivity index (χ3n) is 1.39. The van der Waals surface area contributed by atoms with E-state index in [9.17, 15) is 9.59 Å². The van der Waals surface area contributed by atoms with Crippen LogP contribution < -0.4 is 5.32 Å². The van der Waals surface area contributed by atoms with Crippen LogP contribution in [-0.2, 0) is 4.79 Å². The molecule has 1 aromatic heterocycles. The van der Waals surface area contributed by atoms with Crippen molar-refractivity contribution in [3.63, 3.8) is 0 Å². The number of carbonyl (C=O) groups is 2. The van der Waals surface area contributed by atoms with Gasteiger partial charge in [-0.05, 0) is 6.07 Å². The molecule has 0 atom stereocenters. The summed E-state index contributed by atoms with van der Waals surface area (Å²) < 4.78 is 0. The molecule has 1 amide bonds. The summed E-state index contributed by atoms with van der Waals surface area (Å²) in [5, 5.41) is 4.37. The van der Waals surface area contributed by atoms with E-state index in [0.29, 0.717) is 11.4 Å². The Morgan fingerprint density at radius 2 is 2.50 bits per heavy atom. The van der Waals surface area contributed by atoms with Gasteiger partial charge in [-0.2, -0.15) is 0 Å². The molecule has 0 spiro atoms. The molecular formula is C10H9NO2S. The Kier molecular flexibility index (Phi) is 3.89. The van der Waals surface area contributed by atoms with Crippen LogP contribution in [0.2, 0.25) is 0 Å². The van der Waals surface area contributed by atoms with E-state index >= 15 is 0 Å². The molecule has 1 N–H and O–H groups in total.